The van der Waals surface area contributed by atoms with Crippen LogP contribution in [0.3, 0.4) is 0 Å². The third-order valence-electron chi connectivity index (χ3n) is 3.79. The number of hydrogen-bond donors (Lipinski definition) is 4. The lowest BCUT2D eigenvalue weighted by Gasteiger charge is -2.29. The van der Waals surface area contributed by atoms with Crippen molar-refractivity contribution >= 4 is 12.0 Å². The Morgan fingerprint density at radius 2 is 1.75 bits per heavy atom. The molecule has 1 saturated carbocycles. The van der Waals surface area contributed by atoms with Gasteiger partial charge in [-0.15, -0.1) is 0 Å². The Morgan fingerprint density at radius 3 is 2.30 bits per heavy atom. The molecule has 1 rings (SSSR count). The quantitative estimate of drug-likeness (QED) is 0.421. The molecule has 0 aliphatic heterocycles. The van der Waals surface area contributed by atoms with E-state index in [1.165, 1.54) is 0 Å². The highest BCUT2D eigenvalue weighted by molar-refractivity contribution is 5.86. The van der Waals surface area contributed by atoms with Crippen LogP contribution in [-0.4, -0.2) is 42.3 Å². The maximum atomic E-state index is 11.9. The lowest BCUT2D eigenvalue weighted by molar-refractivity contribution is -0.145. The van der Waals surface area contributed by atoms with Crippen LogP contribution in [-0.2, 0) is 4.79 Å². The molecule has 0 bridgehead atoms. The third-order valence-corrected chi connectivity index (χ3v) is 3.79. The van der Waals surface area contributed by atoms with Crippen molar-refractivity contribution in [2.75, 3.05) is 19.6 Å². The number of nitrogens with one attached hydrogen (secondary N) is 3. The normalized spacial score (nSPS) is 18.1. The third kappa shape index (κ3) is 5.36. The molecule has 2 amide bonds. The molecule has 0 aromatic rings. The van der Waals surface area contributed by atoms with E-state index in [0.29, 0.717) is 19.4 Å². The van der Waals surface area contributed by atoms with Crippen LogP contribution < -0.4 is 16.0 Å². The first-order valence-corrected chi connectivity index (χ1v) is 7.61. The minimum absolute atomic E-state index is 0.370. The van der Waals surface area contributed by atoms with Crippen LogP contribution >= 0.6 is 0 Å². The lowest BCUT2D eigenvalue weighted by atomic mass is 9.90. The Hall–Kier alpha value is -1.30. The molecule has 6 nitrogen and oxygen atoms in total. The van der Waals surface area contributed by atoms with Crippen molar-refractivity contribution in [3.05, 3.63) is 0 Å². The number of carbonyl (C=O) groups is 2. The Bertz CT molecular complexity index is 313. The zero-order chi connectivity index (χ0) is 14.8. The van der Waals surface area contributed by atoms with Gasteiger partial charge in [0.05, 0.1) is 0 Å². The second-order valence-corrected chi connectivity index (χ2v) is 5.39. The van der Waals surface area contributed by atoms with Crippen LogP contribution in [0, 0.1) is 0 Å². The Labute approximate surface area is 120 Å². The summed E-state index contributed by atoms with van der Waals surface area (Å²) in [6, 6.07) is -0.370. The van der Waals surface area contributed by atoms with Gasteiger partial charge in [0.15, 0.2) is 0 Å². The highest BCUT2D eigenvalue weighted by Crippen LogP contribution is 2.27. The number of carboxylic acids is 1. The van der Waals surface area contributed by atoms with Crippen molar-refractivity contribution in [1.29, 1.82) is 0 Å². The Balaban J connectivity index is 2.40. The molecule has 0 radical (unpaired) electrons. The smallest absolute Gasteiger partial charge is 0.329 e. The number of amides is 2. The number of carboxylic acid groups (broad SMARTS) is 1. The second-order valence-electron chi connectivity index (χ2n) is 5.39. The van der Waals surface area contributed by atoms with Gasteiger partial charge in [0.1, 0.15) is 5.54 Å². The minimum Gasteiger partial charge on any atom is -0.480 e. The van der Waals surface area contributed by atoms with Gasteiger partial charge < -0.3 is 21.1 Å². The molecule has 1 aliphatic rings. The van der Waals surface area contributed by atoms with Crippen LogP contribution in [0.5, 0.6) is 0 Å². The fourth-order valence-electron chi connectivity index (χ4n) is 2.58. The van der Waals surface area contributed by atoms with Gasteiger partial charge in [-0.2, -0.15) is 0 Å². The molecule has 0 aromatic heterocycles. The summed E-state index contributed by atoms with van der Waals surface area (Å²) in [5, 5.41) is 18.1. The first kappa shape index (κ1) is 16.8. The highest BCUT2D eigenvalue weighted by Gasteiger charge is 2.39. The molecule has 0 heterocycles. The summed E-state index contributed by atoms with van der Waals surface area (Å²) in [6.45, 7) is 4.34. The van der Waals surface area contributed by atoms with Gasteiger partial charge in [0.25, 0.3) is 0 Å². The Kier molecular flexibility index (Phi) is 7.36. The number of hydrogen-bond acceptors (Lipinski definition) is 3. The zero-order valence-corrected chi connectivity index (χ0v) is 12.3. The average Bonchev–Trinajstić information content (AvgIpc) is 2.65. The van der Waals surface area contributed by atoms with E-state index >= 15 is 0 Å². The van der Waals surface area contributed by atoms with E-state index in [9.17, 15) is 14.7 Å². The molecule has 4 N–H and O–H groups in total. The standard InChI is InChI=1S/C14H27N3O3/c1-2-15-10-7-11-16-13(20)17-14(12(18)19)8-5-3-4-6-9-14/h15H,2-11H2,1H3,(H,18,19)(H2,16,17,20). The van der Waals surface area contributed by atoms with Crippen LogP contribution in [0.2, 0.25) is 0 Å². The van der Waals surface area contributed by atoms with E-state index in [0.717, 1.165) is 45.2 Å². The summed E-state index contributed by atoms with van der Waals surface area (Å²) >= 11 is 0. The number of rotatable bonds is 7. The maximum Gasteiger partial charge on any atom is 0.329 e. The molecule has 0 saturated heterocycles. The van der Waals surface area contributed by atoms with E-state index < -0.39 is 11.5 Å². The lowest BCUT2D eigenvalue weighted by Crippen LogP contribution is -2.57. The van der Waals surface area contributed by atoms with Crippen molar-refractivity contribution in [2.45, 2.75) is 57.4 Å². The minimum atomic E-state index is -1.08. The molecule has 0 atom stereocenters. The molecular formula is C14H27N3O3. The number of aliphatic carboxylic acids is 1. The van der Waals surface area contributed by atoms with Gasteiger partial charge in [-0.1, -0.05) is 32.6 Å². The summed E-state index contributed by atoms with van der Waals surface area (Å²) in [5.41, 5.74) is -1.08. The van der Waals surface area contributed by atoms with E-state index in [-0.39, 0.29) is 6.03 Å². The monoisotopic (exact) mass is 285 g/mol. The molecule has 0 unspecified atom stereocenters. The molecule has 0 aromatic carbocycles. The van der Waals surface area contributed by atoms with Crippen molar-refractivity contribution < 1.29 is 14.7 Å². The van der Waals surface area contributed by atoms with Crippen LogP contribution in [0.15, 0.2) is 0 Å². The van der Waals surface area contributed by atoms with Crippen LogP contribution in [0.4, 0.5) is 4.79 Å². The van der Waals surface area contributed by atoms with E-state index in [1.807, 2.05) is 6.92 Å². The van der Waals surface area contributed by atoms with Crippen molar-refractivity contribution in [3.8, 4) is 0 Å². The number of urea groups is 1. The fourth-order valence-corrected chi connectivity index (χ4v) is 2.58. The summed E-state index contributed by atoms with van der Waals surface area (Å²) in [5.74, 6) is -0.915. The highest BCUT2D eigenvalue weighted by atomic mass is 16.4. The Morgan fingerprint density at radius 1 is 1.10 bits per heavy atom. The largest absolute Gasteiger partial charge is 0.480 e. The van der Waals surface area contributed by atoms with Crippen LogP contribution in [0.1, 0.15) is 51.9 Å². The van der Waals surface area contributed by atoms with Crippen molar-refractivity contribution in [1.82, 2.24) is 16.0 Å². The van der Waals surface area contributed by atoms with Crippen LogP contribution in [0.25, 0.3) is 0 Å². The summed E-state index contributed by atoms with van der Waals surface area (Å²) in [7, 11) is 0. The summed E-state index contributed by atoms with van der Waals surface area (Å²) in [4.78, 5) is 23.4. The molecule has 1 aliphatic carbocycles. The maximum absolute atomic E-state index is 11.9. The predicted molar refractivity (Wildman–Crippen MR) is 77.8 cm³/mol. The van der Waals surface area contributed by atoms with Gasteiger partial charge in [-0.05, 0) is 32.4 Å². The molecular weight excluding hydrogens is 258 g/mol. The second kappa shape index (κ2) is 8.79. The number of carbonyl (C=O) groups excluding carboxylic acids is 1. The van der Waals surface area contributed by atoms with Gasteiger partial charge in [-0.3, -0.25) is 0 Å². The zero-order valence-electron chi connectivity index (χ0n) is 12.3. The van der Waals surface area contributed by atoms with Gasteiger partial charge in [0.2, 0.25) is 0 Å². The van der Waals surface area contributed by atoms with Crippen molar-refractivity contribution in [3.63, 3.8) is 0 Å². The topological polar surface area (TPSA) is 90.5 Å². The average molecular weight is 285 g/mol. The predicted octanol–water partition coefficient (Wildman–Crippen LogP) is 1.46. The molecule has 20 heavy (non-hydrogen) atoms. The van der Waals surface area contributed by atoms with E-state index in [2.05, 4.69) is 16.0 Å². The summed E-state index contributed by atoms with van der Waals surface area (Å²) < 4.78 is 0. The van der Waals surface area contributed by atoms with Crippen molar-refractivity contribution in [2.24, 2.45) is 0 Å². The summed E-state index contributed by atoms with van der Waals surface area (Å²) in [6.07, 6.45) is 5.67. The first-order chi connectivity index (χ1) is 9.60. The molecule has 0 spiro atoms. The first-order valence-electron chi connectivity index (χ1n) is 7.61. The molecule has 1 fully saturated rings. The van der Waals surface area contributed by atoms with E-state index in [4.69, 9.17) is 0 Å². The van der Waals surface area contributed by atoms with Gasteiger partial charge in [-0.25, -0.2) is 9.59 Å². The molecule has 6 heteroatoms. The SMILES string of the molecule is CCNCCCNC(=O)NC1(C(=O)O)CCCCCC1. The van der Waals surface area contributed by atoms with E-state index in [1.54, 1.807) is 0 Å². The van der Waals surface area contributed by atoms with Gasteiger partial charge >= 0.3 is 12.0 Å². The van der Waals surface area contributed by atoms with Gasteiger partial charge in [0, 0.05) is 6.54 Å². The molecule has 116 valence electrons. The fraction of sp³-hybridized carbons (Fsp3) is 0.857.